The quantitative estimate of drug-likeness (QED) is 0.118. The Hall–Kier alpha value is -7.05. The summed E-state index contributed by atoms with van der Waals surface area (Å²) in [5, 5.41) is 5.06. The minimum absolute atomic E-state index is 0.0110. The van der Waals surface area contributed by atoms with Gasteiger partial charge in [-0.3, -0.25) is 0 Å². The molecule has 0 spiro atoms. The van der Waals surface area contributed by atoms with E-state index in [1.54, 1.807) is 7.11 Å². The molecule has 2 heterocycles. The third-order valence-electron chi connectivity index (χ3n) is 13.3. The lowest BCUT2D eigenvalue weighted by Crippen LogP contribution is -2.74. The van der Waals surface area contributed by atoms with E-state index in [-0.39, 0.29) is 12.1 Å². The second-order valence-electron chi connectivity index (χ2n) is 17.5. The van der Waals surface area contributed by atoms with Crippen LogP contribution in [0.4, 0.5) is 0 Å². The van der Waals surface area contributed by atoms with Crippen molar-refractivity contribution in [2.45, 2.75) is 38.3 Å². The molecule has 0 saturated carbocycles. The fourth-order valence-electron chi connectivity index (χ4n) is 10.3. The summed E-state index contributed by atoms with van der Waals surface area (Å²) in [5.41, 5.74) is 11.6. The highest BCUT2D eigenvalue weighted by molar-refractivity contribution is 7.19. The summed E-state index contributed by atoms with van der Waals surface area (Å²) in [6, 6.07) is 78.2. The van der Waals surface area contributed by atoms with Gasteiger partial charge in [0.2, 0.25) is 6.04 Å². The van der Waals surface area contributed by atoms with E-state index < -0.39 is 11.9 Å². The van der Waals surface area contributed by atoms with Crippen molar-refractivity contribution in [3.05, 3.63) is 235 Å². The van der Waals surface area contributed by atoms with Crippen molar-refractivity contribution in [2.75, 3.05) is 13.7 Å². The molecule has 4 nitrogen and oxygen atoms in total. The average molecular weight is 834 g/mol. The smallest absolute Gasteiger partial charge is 0.206 e. The zero-order chi connectivity index (χ0) is 43.5. The number of nitrogens with zero attached hydrogens (tertiary/aromatic N) is 1. The Morgan fingerprint density at radius 1 is 0.516 bits per heavy atom. The van der Waals surface area contributed by atoms with Gasteiger partial charge in [0.25, 0.3) is 0 Å². The van der Waals surface area contributed by atoms with Crippen LogP contribution >= 0.6 is 0 Å². The summed E-state index contributed by atoms with van der Waals surface area (Å²) in [5.74, 6) is 0.166. The van der Waals surface area contributed by atoms with Gasteiger partial charge in [-0.25, -0.2) is 4.58 Å². The Morgan fingerprint density at radius 2 is 0.984 bits per heavy atom. The number of methoxy groups -OCH3 is 1. The van der Waals surface area contributed by atoms with Gasteiger partial charge in [0.05, 0.1) is 7.11 Å². The van der Waals surface area contributed by atoms with Gasteiger partial charge in [0, 0.05) is 22.3 Å². The van der Waals surface area contributed by atoms with Crippen molar-refractivity contribution in [3.63, 3.8) is 0 Å². The first-order valence-corrected chi connectivity index (χ1v) is 22.4. The maximum Gasteiger partial charge on any atom is 0.206 e. The largest absolute Gasteiger partial charge is 0.497 e. The van der Waals surface area contributed by atoms with Crippen LogP contribution in [-0.4, -0.2) is 42.5 Å². The third kappa shape index (κ3) is 7.72. The molecule has 0 aliphatic carbocycles. The molecule has 64 heavy (non-hydrogen) atoms. The first kappa shape index (κ1) is 41.0. The van der Waals surface area contributed by atoms with Gasteiger partial charge in [-0.15, -0.1) is 0 Å². The summed E-state index contributed by atoms with van der Waals surface area (Å²) in [4.78, 5) is 0. The molecule has 0 amide bonds. The van der Waals surface area contributed by atoms with E-state index in [0.717, 1.165) is 17.9 Å². The van der Waals surface area contributed by atoms with E-state index in [2.05, 4.69) is 217 Å². The molecular formula is C59H52BNO3. The Labute approximate surface area is 377 Å². The predicted octanol–water partition coefficient (Wildman–Crippen LogP) is 10.6. The first-order valence-electron chi connectivity index (χ1n) is 22.4. The van der Waals surface area contributed by atoms with E-state index in [4.69, 9.17) is 14.2 Å². The molecule has 0 radical (unpaired) electrons. The molecule has 1 fully saturated rings. The van der Waals surface area contributed by atoms with Gasteiger partial charge in [-0.1, -0.05) is 200 Å². The number of benzene rings is 9. The fraction of sp³-hybridized carbons (Fsp3) is 0.136. The molecule has 0 bridgehead atoms. The minimum atomic E-state index is -1.22. The van der Waals surface area contributed by atoms with Crippen LogP contribution in [0.5, 0.6) is 5.75 Å². The molecule has 0 unspecified atom stereocenters. The van der Waals surface area contributed by atoms with Crippen LogP contribution in [-0.2, 0) is 16.0 Å². The highest BCUT2D eigenvalue weighted by atomic mass is 16.7. The van der Waals surface area contributed by atoms with Crippen molar-refractivity contribution in [1.29, 1.82) is 0 Å². The Balaban J connectivity index is 0.000000167. The molecule has 11 rings (SSSR count). The highest BCUT2D eigenvalue weighted by Gasteiger charge is 2.44. The molecule has 2 atom stereocenters. The normalized spacial score (nSPS) is 16.6. The lowest BCUT2D eigenvalue weighted by atomic mass is 9.13. The molecule has 314 valence electrons. The van der Waals surface area contributed by atoms with E-state index >= 15 is 0 Å². The van der Waals surface area contributed by atoms with E-state index in [1.165, 1.54) is 65.6 Å². The summed E-state index contributed by atoms with van der Waals surface area (Å²) >= 11 is 0. The maximum atomic E-state index is 6.63. The number of hydrogen-bond donors (Lipinski definition) is 0. The van der Waals surface area contributed by atoms with Crippen molar-refractivity contribution >= 4 is 55.8 Å². The summed E-state index contributed by atoms with van der Waals surface area (Å²) in [6.07, 6.45) is 0.942. The van der Waals surface area contributed by atoms with Gasteiger partial charge < -0.3 is 14.2 Å². The zero-order valence-corrected chi connectivity index (χ0v) is 36.7. The van der Waals surface area contributed by atoms with Gasteiger partial charge in [0.1, 0.15) is 24.6 Å². The van der Waals surface area contributed by atoms with Crippen LogP contribution in [0, 0.1) is 0 Å². The lowest BCUT2D eigenvalue weighted by molar-refractivity contribution is -0.607. The Kier molecular flexibility index (Phi) is 11.3. The van der Waals surface area contributed by atoms with Gasteiger partial charge >= 0.3 is 0 Å². The van der Waals surface area contributed by atoms with Crippen molar-refractivity contribution in [3.8, 4) is 16.9 Å². The number of ether oxygens (including phenoxy) is 3. The number of fused-ring (bicyclic) bond motifs is 7. The first-order chi connectivity index (χ1) is 31.4. The van der Waals surface area contributed by atoms with Crippen LogP contribution in [0.15, 0.2) is 218 Å². The van der Waals surface area contributed by atoms with Crippen molar-refractivity contribution in [2.24, 2.45) is 0 Å². The van der Waals surface area contributed by atoms with Crippen LogP contribution < -0.4 is 26.6 Å². The Bertz CT molecular complexity index is 2900. The zero-order valence-electron chi connectivity index (χ0n) is 36.7. The van der Waals surface area contributed by atoms with Crippen molar-refractivity contribution < 1.29 is 18.8 Å². The van der Waals surface area contributed by atoms with E-state index in [1.807, 2.05) is 26.0 Å². The number of hydrogen-bond acceptors (Lipinski definition) is 3. The molecule has 2 aliphatic heterocycles. The molecule has 9 aromatic rings. The number of rotatable bonds is 7. The molecule has 0 aromatic heterocycles. The fourth-order valence-corrected chi connectivity index (χ4v) is 10.3. The van der Waals surface area contributed by atoms with Crippen LogP contribution in [0.3, 0.4) is 0 Å². The van der Waals surface area contributed by atoms with Crippen LogP contribution in [0.2, 0.25) is 0 Å². The average Bonchev–Trinajstić information content (AvgIpc) is 3.53. The van der Waals surface area contributed by atoms with E-state index in [9.17, 15) is 0 Å². The Morgan fingerprint density at radius 3 is 1.50 bits per heavy atom. The second-order valence-corrected chi connectivity index (χ2v) is 17.5. The monoisotopic (exact) mass is 833 g/mol. The summed E-state index contributed by atoms with van der Waals surface area (Å²) < 4.78 is 20.8. The maximum absolute atomic E-state index is 6.63. The molecule has 1 saturated heterocycles. The van der Waals surface area contributed by atoms with Gasteiger partial charge in [0.15, 0.2) is 18.5 Å². The van der Waals surface area contributed by atoms with E-state index in [0.29, 0.717) is 6.61 Å². The predicted molar refractivity (Wildman–Crippen MR) is 267 cm³/mol. The molecule has 2 aliphatic rings. The lowest BCUT2D eigenvalue weighted by Gasteiger charge is -2.44. The standard InChI is InChI=1S/C35H32NO3.C24H20B/c1-35(2)38-22-31(34(39-35)25-16-18-28(37-3)19-17-25)36-20-26-14-12-23-8-4-6-10-29(23)32(26)33-27(21-36)15-13-24-9-5-7-11-30(24)33;1-5-13-21(14-6-1)25(22-15-7-2-8-16-22,23-17-9-3-10-18-23)24-19-11-4-12-20-24/h4-20,31,34H,21-22H2,1-3H3;1-20H/q+1;-1/t31-,34-;/m1./s1. The summed E-state index contributed by atoms with van der Waals surface area (Å²) in [7, 11) is 1.69. The third-order valence-corrected chi connectivity index (χ3v) is 13.3. The van der Waals surface area contributed by atoms with Gasteiger partial charge in [-0.2, -0.15) is 21.9 Å². The second kappa shape index (κ2) is 17.6. The molecule has 0 N–H and O–H groups in total. The molecule has 9 aromatic carbocycles. The minimum Gasteiger partial charge on any atom is -0.497 e. The van der Waals surface area contributed by atoms with Crippen molar-refractivity contribution in [1.82, 2.24) is 0 Å². The van der Waals surface area contributed by atoms with Crippen LogP contribution in [0.25, 0.3) is 32.7 Å². The molecular weight excluding hydrogens is 781 g/mol. The van der Waals surface area contributed by atoms with Crippen LogP contribution in [0.1, 0.15) is 36.6 Å². The topological polar surface area (TPSA) is 30.7 Å². The summed E-state index contributed by atoms with van der Waals surface area (Å²) in [6.45, 7) is 5.31. The highest BCUT2D eigenvalue weighted by Crippen LogP contribution is 2.42. The van der Waals surface area contributed by atoms with Gasteiger partial charge in [-0.05, 0) is 59.2 Å². The molecule has 5 heteroatoms. The SMILES string of the molecule is COc1ccc([C@H]2OC(C)(C)OC[C@H]2[N+]2=Cc3ccc4ccccc4c3-c3c(ccc4ccccc34)C2)cc1.c1ccc([B-](c2ccccc2)(c2ccccc2)c2ccccc2)cc1.